The predicted octanol–water partition coefficient (Wildman–Crippen LogP) is 3.84. The van der Waals surface area contributed by atoms with E-state index in [4.69, 9.17) is 16.3 Å². The third kappa shape index (κ3) is 2.65. The summed E-state index contributed by atoms with van der Waals surface area (Å²) in [6, 6.07) is 8.99. The Morgan fingerprint density at radius 2 is 1.83 bits per heavy atom. The zero-order valence-electron chi connectivity index (χ0n) is 8.99. The van der Waals surface area contributed by atoms with Crippen LogP contribution in [0.15, 0.2) is 42.5 Å². The summed E-state index contributed by atoms with van der Waals surface area (Å²) in [7, 11) is 0. The molecule has 5 heteroatoms. The molecule has 0 N–H and O–H groups in total. The SMILES string of the molecule is O=C(Oc1cccc(F)c1)c1cccc(Cl)c1F. The number of benzene rings is 2. The van der Waals surface area contributed by atoms with Crippen LogP contribution in [0.25, 0.3) is 0 Å². The highest BCUT2D eigenvalue weighted by atomic mass is 35.5. The van der Waals surface area contributed by atoms with Gasteiger partial charge in [-0.05, 0) is 24.3 Å². The van der Waals surface area contributed by atoms with E-state index < -0.39 is 17.6 Å². The molecule has 0 heterocycles. The van der Waals surface area contributed by atoms with E-state index in [-0.39, 0.29) is 16.3 Å². The molecular formula is C13H7ClF2O2. The Hall–Kier alpha value is -1.94. The van der Waals surface area contributed by atoms with Gasteiger partial charge in [0.05, 0.1) is 10.6 Å². The predicted molar refractivity (Wildman–Crippen MR) is 62.8 cm³/mol. The Bertz CT molecular complexity index is 599. The summed E-state index contributed by atoms with van der Waals surface area (Å²) in [5, 5.41) is -0.177. The van der Waals surface area contributed by atoms with Gasteiger partial charge in [0.15, 0.2) is 5.82 Å². The molecule has 18 heavy (non-hydrogen) atoms. The standard InChI is InChI=1S/C13H7ClF2O2/c14-11-6-2-5-10(12(11)16)13(17)18-9-4-1-3-8(15)7-9/h1-7H. The van der Waals surface area contributed by atoms with Crippen LogP contribution in [0.3, 0.4) is 0 Å². The maximum Gasteiger partial charge on any atom is 0.346 e. The van der Waals surface area contributed by atoms with Crippen LogP contribution in [0.5, 0.6) is 5.75 Å². The normalized spacial score (nSPS) is 10.2. The van der Waals surface area contributed by atoms with Gasteiger partial charge in [-0.2, -0.15) is 0 Å². The minimum atomic E-state index is -0.930. The highest BCUT2D eigenvalue weighted by Gasteiger charge is 2.16. The third-order valence-electron chi connectivity index (χ3n) is 2.18. The zero-order valence-corrected chi connectivity index (χ0v) is 9.75. The summed E-state index contributed by atoms with van der Waals surface area (Å²) < 4.78 is 31.2. The van der Waals surface area contributed by atoms with Gasteiger partial charge in [-0.25, -0.2) is 13.6 Å². The van der Waals surface area contributed by atoms with Crippen molar-refractivity contribution in [1.82, 2.24) is 0 Å². The van der Waals surface area contributed by atoms with Gasteiger partial charge in [-0.1, -0.05) is 23.7 Å². The molecule has 2 aromatic carbocycles. The number of carbonyl (C=O) groups is 1. The Labute approximate surface area is 107 Å². The zero-order chi connectivity index (χ0) is 13.1. The molecule has 0 amide bonds. The Morgan fingerprint density at radius 3 is 2.56 bits per heavy atom. The van der Waals surface area contributed by atoms with Crippen LogP contribution in [0.4, 0.5) is 8.78 Å². The molecule has 0 atom stereocenters. The van der Waals surface area contributed by atoms with E-state index in [1.807, 2.05) is 0 Å². The second-order valence-corrected chi connectivity index (χ2v) is 3.86. The Kier molecular flexibility index (Phi) is 3.58. The van der Waals surface area contributed by atoms with E-state index in [9.17, 15) is 13.6 Å². The molecule has 2 aromatic rings. The van der Waals surface area contributed by atoms with Crippen molar-refractivity contribution in [3.05, 3.63) is 64.7 Å². The third-order valence-corrected chi connectivity index (χ3v) is 2.47. The maximum absolute atomic E-state index is 13.5. The van der Waals surface area contributed by atoms with Gasteiger partial charge in [0.2, 0.25) is 0 Å². The van der Waals surface area contributed by atoms with Crippen molar-refractivity contribution in [2.75, 3.05) is 0 Å². The summed E-state index contributed by atoms with van der Waals surface area (Å²) in [4.78, 5) is 11.7. The fraction of sp³-hybridized carbons (Fsp3) is 0. The largest absolute Gasteiger partial charge is 0.423 e. The van der Waals surface area contributed by atoms with E-state index in [0.717, 1.165) is 6.07 Å². The lowest BCUT2D eigenvalue weighted by Crippen LogP contribution is -2.10. The Morgan fingerprint density at radius 1 is 1.11 bits per heavy atom. The van der Waals surface area contributed by atoms with Crippen molar-refractivity contribution in [3.8, 4) is 5.75 Å². The van der Waals surface area contributed by atoms with Crippen molar-refractivity contribution >= 4 is 17.6 Å². The number of hydrogen-bond donors (Lipinski definition) is 0. The first-order valence-electron chi connectivity index (χ1n) is 4.99. The average Bonchev–Trinajstić information content (AvgIpc) is 2.32. The van der Waals surface area contributed by atoms with E-state index in [1.165, 1.54) is 36.4 Å². The van der Waals surface area contributed by atoms with E-state index in [0.29, 0.717) is 0 Å². The fourth-order valence-electron chi connectivity index (χ4n) is 1.35. The molecule has 0 bridgehead atoms. The summed E-state index contributed by atoms with van der Waals surface area (Å²) in [5.74, 6) is -2.34. The van der Waals surface area contributed by atoms with Gasteiger partial charge in [-0.3, -0.25) is 0 Å². The van der Waals surface area contributed by atoms with Crippen LogP contribution in [0, 0.1) is 11.6 Å². The number of esters is 1. The first-order chi connectivity index (χ1) is 8.58. The molecule has 92 valence electrons. The molecule has 2 nitrogen and oxygen atoms in total. The molecule has 0 radical (unpaired) electrons. The molecule has 0 aromatic heterocycles. The van der Waals surface area contributed by atoms with Crippen LogP contribution in [-0.2, 0) is 0 Å². The smallest absolute Gasteiger partial charge is 0.346 e. The molecule has 0 aliphatic heterocycles. The summed E-state index contributed by atoms with van der Waals surface area (Å²) in [6.07, 6.45) is 0. The monoisotopic (exact) mass is 268 g/mol. The van der Waals surface area contributed by atoms with Crippen LogP contribution in [0.1, 0.15) is 10.4 Å². The maximum atomic E-state index is 13.5. The number of halogens is 3. The van der Waals surface area contributed by atoms with Crippen molar-refractivity contribution < 1.29 is 18.3 Å². The molecule has 0 saturated heterocycles. The van der Waals surface area contributed by atoms with Gasteiger partial charge in [-0.15, -0.1) is 0 Å². The molecular weight excluding hydrogens is 262 g/mol. The van der Waals surface area contributed by atoms with E-state index in [2.05, 4.69) is 0 Å². The second kappa shape index (κ2) is 5.14. The highest BCUT2D eigenvalue weighted by molar-refractivity contribution is 6.31. The minimum Gasteiger partial charge on any atom is -0.423 e. The van der Waals surface area contributed by atoms with Gasteiger partial charge in [0.1, 0.15) is 11.6 Å². The summed E-state index contributed by atoms with van der Waals surface area (Å²) in [6.45, 7) is 0. The molecule has 0 aliphatic carbocycles. The van der Waals surface area contributed by atoms with E-state index in [1.54, 1.807) is 0 Å². The number of carbonyl (C=O) groups excluding carboxylic acids is 1. The van der Waals surface area contributed by atoms with Crippen LogP contribution in [-0.4, -0.2) is 5.97 Å². The highest BCUT2D eigenvalue weighted by Crippen LogP contribution is 2.20. The van der Waals surface area contributed by atoms with Crippen LogP contribution < -0.4 is 4.74 Å². The summed E-state index contributed by atoms with van der Waals surface area (Å²) in [5.41, 5.74) is -0.299. The lowest BCUT2D eigenvalue weighted by Gasteiger charge is -2.05. The van der Waals surface area contributed by atoms with Crippen molar-refractivity contribution in [2.24, 2.45) is 0 Å². The molecule has 0 spiro atoms. The van der Waals surface area contributed by atoms with E-state index >= 15 is 0 Å². The number of hydrogen-bond acceptors (Lipinski definition) is 2. The molecule has 0 aliphatic rings. The van der Waals surface area contributed by atoms with Crippen molar-refractivity contribution in [3.63, 3.8) is 0 Å². The fourth-order valence-corrected chi connectivity index (χ4v) is 1.53. The quantitative estimate of drug-likeness (QED) is 0.611. The average molecular weight is 269 g/mol. The lowest BCUT2D eigenvalue weighted by molar-refractivity contribution is 0.0729. The van der Waals surface area contributed by atoms with Gasteiger partial charge in [0, 0.05) is 6.07 Å². The topological polar surface area (TPSA) is 26.3 Å². The van der Waals surface area contributed by atoms with Crippen molar-refractivity contribution in [2.45, 2.75) is 0 Å². The lowest BCUT2D eigenvalue weighted by atomic mass is 10.2. The number of ether oxygens (including phenoxy) is 1. The first kappa shape index (κ1) is 12.5. The molecule has 2 rings (SSSR count). The van der Waals surface area contributed by atoms with Crippen LogP contribution in [0.2, 0.25) is 5.02 Å². The number of rotatable bonds is 2. The van der Waals surface area contributed by atoms with Crippen molar-refractivity contribution in [1.29, 1.82) is 0 Å². The first-order valence-corrected chi connectivity index (χ1v) is 5.37. The molecule has 0 unspecified atom stereocenters. The minimum absolute atomic E-state index is 0.000578. The second-order valence-electron chi connectivity index (χ2n) is 3.45. The summed E-state index contributed by atoms with van der Waals surface area (Å²) >= 11 is 5.54. The van der Waals surface area contributed by atoms with Gasteiger partial charge >= 0.3 is 5.97 Å². The molecule has 0 saturated carbocycles. The Balaban J connectivity index is 2.25. The van der Waals surface area contributed by atoms with Gasteiger partial charge < -0.3 is 4.74 Å². The molecule has 0 fully saturated rings. The van der Waals surface area contributed by atoms with Crippen LogP contribution >= 0.6 is 11.6 Å². The van der Waals surface area contributed by atoms with Gasteiger partial charge in [0.25, 0.3) is 0 Å².